The molecule has 0 bridgehead atoms. The molecule has 2 heterocycles. The summed E-state index contributed by atoms with van der Waals surface area (Å²) in [5.74, 6) is 1.71. The average Bonchev–Trinajstić information content (AvgIpc) is 2.82. The number of hydrogen-bond donors (Lipinski definition) is 2. The molecule has 0 saturated carbocycles. The Hall–Kier alpha value is -1.66. The number of fused-ring (bicyclic) bond motifs is 1. The molecule has 20 heavy (non-hydrogen) atoms. The standard InChI is InChI=1S/C13H12ClN3O2S/c14-9-3-7-1-2-19-12(7)8(4-9)6-20-13-16-10(15)5-11(18)17-13/h3-5H,1-2,6H2,(H3,15,16,17,18). The van der Waals surface area contributed by atoms with Crippen molar-refractivity contribution >= 4 is 29.2 Å². The Balaban J connectivity index is 1.84. The number of nitrogen functional groups attached to an aromatic ring is 1. The summed E-state index contributed by atoms with van der Waals surface area (Å²) in [6, 6.07) is 5.06. The van der Waals surface area contributed by atoms with E-state index in [9.17, 15) is 4.79 Å². The molecular formula is C13H12ClN3O2S. The van der Waals surface area contributed by atoms with Crippen molar-refractivity contribution in [1.82, 2.24) is 9.97 Å². The highest BCUT2D eigenvalue weighted by Gasteiger charge is 2.17. The van der Waals surface area contributed by atoms with Gasteiger partial charge in [0.2, 0.25) is 0 Å². The van der Waals surface area contributed by atoms with Gasteiger partial charge in [0, 0.05) is 28.8 Å². The van der Waals surface area contributed by atoms with Crippen molar-refractivity contribution in [2.45, 2.75) is 17.3 Å². The highest BCUT2D eigenvalue weighted by atomic mass is 35.5. The third kappa shape index (κ3) is 2.76. The molecule has 1 aliphatic heterocycles. The van der Waals surface area contributed by atoms with E-state index in [0.29, 0.717) is 22.5 Å². The van der Waals surface area contributed by atoms with Gasteiger partial charge in [-0.25, -0.2) is 4.98 Å². The summed E-state index contributed by atoms with van der Waals surface area (Å²) in [7, 11) is 0. The number of thioether (sulfide) groups is 1. The number of anilines is 1. The number of benzene rings is 1. The normalized spacial score (nSPS) is 13.1. The number of halogens is 1. The highest BCUT2D eigenvalue weighted by molar-refractivity contribution is 7.98. The zero-order valence-corrected chi connectivity index (χ0v) is 12.1. The number of aromatic amines is 1. The van der Waals surface area contributed by atoms with Crippen LogP contribution < -0.4 is 16.0 Å². The molecule has 1 aliphatic rings. The molecular weight excluding hydrogens is 298 g/mol. The Morgan fingerprint density at radius 2 is 2.30 bits per heavy atom. The monoisotopic (exact) mass is 309 g/mol. The molecule has 5 nitrogen and oxygen atoms in total. The molecule has 0 atom stereocenters. The number of H-pyrrole nitrogens is 1. The van der Waals surface area contributed by atoms with Gasteiger partial charge in [-0.15, -0.1) is 0 Å². The molecule has 1 aromatic heterocycles. The topological polar surface area (TPSA) is 81.0 Å². The van der Waals surface area contributed by atoms with Crippen molar-refractivity contribution < 1.29 is 4.74 Å². The average molecular weight is 310 g/mol. The Kier molecular flexibility index (Phi) is 3.58. The fraction of sp³-hybridized carbons (Fsp3) is 0.231. The van der Waals surface area contributed by atoms with E-state index >= 15 is 0 Å². The molecule has 0 amide bonds. The fourth-order valence-electron chi connectivity index (χ4n) is 2.12. The molecule has 0 fully saturated rings. The van der Waals surface area contributed by atoms with E-state index in [1.54, 1.807) is 0 Å². The zero-order chi connectivity index (χ0) is 14.1. The summed E-state index contributed by atoms with van der Waals surface area (Å²) in [6.07, 6.45) is 0.876. The van der Waals surface area contributed by atoms with Crippen LogP contribution in [0.1, 0.15) is 11.1 Å². The van der Waals surface area contributed by atoms with Crippen LogP contribution in [-0.4, -0.2) is 16.6 Å². The molecule has 2 aromatic rings. The van der Waals surface area contributed by atoms with E-state index in [0.717, 1.165) is 23.3 Å². The molecule has 0 spiro atoms. The fourth-order valence-corrected chi connectivity index (χ4v) is 3.23. The van der Waals surface area contributed by atoms with Crippen LogP contribution in [0, 0.1) is 0 Å². The first-order valence-corrected chi connectivity index (χ1v) is 7.42. The lowest BCUT2D eigenvalue weighted by atomic mass is 10.1. The summed E-state index contributed by atoms with van der Waals surface area (Å²) in [5.41, 5.74) is 7.42. The molecule has 3 N–H and O–H groups in total. The molecule has 0 unspecified atom stereocenters. The van der Waals surface area contributed by atoms with Crippen LogP contribution in [0.3, 0.4) is 0 Å². The molecule has 104 valence electrons. The van der Waals surface area contributed by atoms with Gasteiger partial charge in [0.15, 0.2) is 5.16 Å². The minimum absolute atomic E-state index is 0.212. The first kappa shape index (κ1) is 13.3. The molecule has 0 radical (unpaired) electrons. The van der Waals surface area contributed by atoms with Gasteiger partial charge in [0.1, 0.15) is 11.6 Å². The molecule has 0 aliphatic carbocycles. The van der Waals surface area contributed by atoms with Crippen LogP contribution in [0.25, 0.3) is 0 Å². The maximum Gasteiger partial charge on any atom is 0.253 e. The second-order valence-electron chi connectivity index (χ2n) is 4.42. The van der Waals surface area contributed by atoms with Crippen molar-refractivity contribution in [2.24, 2.45) is 0 Å². The van der Waals surface area contributed by atoms with E-state index in [-0.39, 0.29) is 11.4 Å². The van der Waals surface area contributed by atoms with E-state index in [1.165, 1.54) is 17.8 Å². The van der Waals surface area contributed by atoms with Crippen LogP contribution in [0.5, 0.6) is 5.75 Å². The lowest BCUT2D eigenvalue weighted by molar-refractivity contribution is 0.354. The van der Waals surface area contributed by atoms with Crippen LogP contribution in [0.2, 0.25) is 5.02 Å². The lowest BCUT2D eigenvalue weighted by Gasteiger charge is -2.08. The SMILES string of the molecule is Nc1cc(=O)[nH]c(SCc2cc(Cl)cc3c2OCC3)n1. The first-order valence-electron chi connectivity index (χ1n) is 6.05. The number of nitrogens with two attached hydrogens (primary N) is 1. The van der Waals surface area contributed by atoms with Crippen LogP contribution in [0.4, 0.5) is 5.82 Å². The van der Waals surface area contributed by atoms with Crippen LogP contribution in [-0.2, 0) is 12.2 Å². The van der Waals surface area contributed by atoms with Gasteiger partial charge in [-0.1, -0.05) is 23.4 Å². The maximum absolute atomic E-state index is 11.3. The summed E-state index contributed by atoms with van der Waals surface area (Å²) in [5, 5.41) is 1.18. The van der Waals surface area contributed by atoms with Gasteiger partial charge in [-0.05, 0) is 17.7 Å². The van der Waals surface area contributed by atoms with E-state index < -0.39 is 0 Å². The third-order valence-electron chi connectivity index (χ3n) is 2.93. The second kappa shape index (κ2) is 5.38. The Labute approximate surface area is 124 Å². The lowest BCUT2D eigenvalue weighted by Crippen LogP contribution is -2.09. The van der Waals surface area contributed by atoms with E-state index in [4.69, 9.17) is 22.1 Å². The van der Waals surface area contributed by atoms with Gasteiger partial charge in [0.25, 0.3) is 5.56 Å². The van der Waals surface area contributed by atoms with Crippen molar-refractivity contribution in [3.8, 4) is 5.75 Å². The van der Waals surface area contributed by atoms with Crippen molar-refractivity contribution in [1.29, 1.82) is 0 Å². The van der Waals surface area contributed by atoms with Crippen molar-refractivity contribution in [3.05, 3.63) is 44.7 Å². The number of nitrogens with zero attached hydrogens (tertiary/aromatic N) is 1. The van der Waals surface area contributed by atoms with Crippen molar-refractivity contribution in [3.63, 3.8) is 0 Å². The molecule has 7 heteroatoms. The maximum atomic E-state index is 11.3. The molecule has 0 saturated heterocycles. The van der Waals surface area contributed by atoms with Gasteiger partial charge in [0.05, 0.1) is 6.61 Å². The van der Waals surface area contributed by atoms with E-state index in [1.807, 2.05) is 12.1 Å². The second-order valence-corrected chi connectivity index (χ2v) is 5.82. The summed E-state index contributed by atoms with van der Waals surface area (Å²) in [6.45, 7) is 0.681. The summed E-state index contributed by atoms with van der Waals surface area (Å²) >= 11 is 7.49. The van der Waals surface area contributed by atoms with Crippen LogP contribution >= 0.6 is 23.4 Å². The number of ether oxygens (including phenoxy) is 1. The smallest absolute Gasteiger partial charge is 0.253 e. The van der Waals surface area contributed by atoms with Gasteiger partial charge in [-0.3, -0.25) is 4.79 Å². The minimum Gasteiger partial charge on any atom is -0.493 e. The molecule has 3 rings (SSSR count). The zero-order valence-electron chi connectivity index (χ0n) is 10.5. The number of nitrogens with one attached hydrogen (secondary N) is 1. The predicted octanol–water partition coefficient (Wildman–Crippen LogP) is 2.23. The Morgan fingerprint density at radius 1 is 1.45 bits per heavy atom. The minimum atomic E-state index is -0.257. The molecule has 1 aromatic carbocycles. The van der Waals surface area contributed by atoms with Gasteiger partial charge < -0.3 is 15.5 Å². The third-order valence-corrected chi connectivity index (χ3v) is 4.07. The Bertz CT molecular complexity index is 717. The summed E-state index contributed by atoms with van der Waals surface area (Å²) < 4.78 is 5.63. The largest absolute Gasteiger partial charge is 0.493 e. The number of rotatable bonds is 3. The quantitative estimate of drug-likeness (QED) is 0.671. The van der Waals surface area contributed by atoms with Crippen molar-refractivity contribution in [2.75, 3.05) is 12.3 Å². The van der Waals surface area contributed by atoms with Crippen LogP contribution in [0.15, 0.2) is 28.2 Å². The van der Waals surface area contributed by atoms with E-state index in [2.05, 4.69) is 9.97 Å². The Morgan fingerprint density at radius 3 is 3.10 bits per heavy atom. The first-order chi connectivity index (χ1) is 9.61. The predicted molar refractivity (Wildman–Crippen MR) is 79.5 cm³/mol. The summed E-state index contributed by atoms with van der Waals surface area (Å²) in [4.78, 5) is 18.0. The highest BCUT2D eigenvalue weighted by Crippen LogP contribution is 2.35. The number of aromatic nitrogens is 2. The van der Waals surface area contributed by atoms with Gasteiger partial charge >= 0.3 is 0 Å². The van der Waals surface area contributed by atoms with Gasteiger partial charge in [-0.2, -0.15) is 0 Å². The number of hydrogen-bond acceptors (Lipinski definition) is 5.